The Bertz CT molecular complexity index is 304. The van der Waals surface area contributed by atoms with E-state index < -0.39 is 4.92 Å². The van der Waals surface area contributed by atoms with E-state index in [0.29, 0.717) is 5.56 Å². The monoisotopic (exact) mass is 164 g/mol. The quantitative estimate of drug-likeness (QED) is 0.379. The minimum absolute atomic E-state index is 0.178. The molecule has 0 aliphatic carbocycles. The van der Waals surface area contributed by atoms with Crippen molar-refractivity contribution >= 4 is 11.5 Å². The molecule has 1 rings (SSSR count). The molecule has 0 saturated carbocycles. The molecule has 61 valence electrons. The van der Waals surface area contributed by atoms with E-state index in [2.05, 4.69) is 6.07 Å². The maximum atomic E-state index is 10.8. The minimum Gasteiger partial charge on any atom is -0.295 e. The Kier molecular flexibility index (Phi) is 2.19. The molecule has 0 amide bonds. The lowest BCUT2D eigenvalue weighted by atomic mass is 10.1. The number of non-ortho nitro benzene ring substituents is 1. The van der Waals surface area contributed by atoms with Crippen LogP contribution < -0.4 is 0 Å². The summed E-state index contributed by atoms with van der Waals surface area (Å²) in [5.41, 5.74) is 0.156. The number of rotatable bonds is 2. The predicted molar refractivity (Wildman–Crippen MR) is 41.9 cm³/mol. The van der Waals surface area contributed by atoms with E-state index in [0.717, 1.165) is 0 Å². The maximum Gasteiger partial charge on any atom is 0.278 e. The van der Waals surface area contributed by atoms with Crippen LogP contribution in [-0.2, 0) is 0 Å². The average molecular weight is 164 g/mol. The van der Waals surface area contributed by atoms with Gasteiger partial charge in [-0.2, -0.15) is 0 Å². The van der Waals surface area contributed by atoms with Crippen LogP contribution in [-0.4, -0.2) is 10.7 Å². The Labute approximate surface area is 69.0 Å². The molecule has 0 fully saturated rings. The lowest BCUT2D eigenvalue weighted by Gasteiger charge is -1.93. The van der Waals surface area contributed by atoms with Crippen molar-refractivity contribution in [3.05, 3.63) is 39.9 Å². The normalized spacial score (nSPS) is 9.42. The third-order valence-corrected chi connectivity index (χ3v) is 1.39. The molecule has 1 aromatic rings. The Morgan fingerprint density at radius 1 is 1.67 bits per heavy atom. The summed E-state index contributed by atoms with van der Waals surface area (Å²) in [6, 6.07) is 6.49. The van der Waals surface area contributed by atoms with Gasteiger partial charge in [-0.3, -0.25) is 14.9 Å². The molecule has 4 heteroatoms. The molecular weight excluding hydrogens is 158 g/mol. The number of nitrogens with zero attached hydrogens (tertiary/aromatic N) is 1. The van der Waals surface area contributed by atoms with Crippen LogP contribution in [0, 0.1) is 16.2 Å². The highest BCUT2D eigenvalue weighted by molar-refractivity contribution is 5.94. The van der Waals surface area contributed by atoms with Crippen LogP contribution >= 0.6 is 0 Å². The van der Waals surface area contributed by atoms with E-state index in [1.165, 1.54) is 25.1 Å². The Balaban J connectivity index is 3.12. The molecule has 0 spiro atoms. The highest BCUT2D eigenvalue weighted by atomic mass is 16.6. The van der Waals surface area contributed by atoms with E-state index in [1.54, 1.807) is 0 Å². The summed E-state index contributed by atoms with van der Waals surface area (Å²) in [5, 5.41) is 10.2. The standard InChI is InChI=1S/C8H6NO3/c1-6(10)7-3-2-4-8(5-7)9(11)12/h2-3,5H,1H3. The van der Waals surface area contributed by atoms with Crippen molar-refractivity contribution in [2.75, 3.05) is 0 Å². The predicted octanol–water partition coefficient (Wildman–Crippen LogP) is 1.60. The van der Waals surface area contributed by atoms with Gasteiger partial charge in [-0.05, 0) is 13.0 Å². The number of nitro groups is 1. The first kappa shape index (κ1) is 8.39. The first-order valence-electron chi connectivity index (χ1n) is 3.28. The molecule has 0 heterocycles. The summed E-state index contributed by atoms with van der Waals surface area (Å²) in [5.74, 6) is -0.188. The molecular formula is C8H6NO3. The van der Waals surface area contributed by atoms with Gasteiger partial charge in [0, 0.05) is 11.6 Å². The summed E-state index contributed by atoms with van der Waals surface area (Å²) >= 11 is 0. The van der Waals surface area contributed by atoms with Crippen molar-refractivity contribution in [2.45, 2.75) is 6.92 Å². The molecule has 1 radical (unpaired) electrons. The summed E-state index contributed by atoms with van der Waals surface area (Å²) in [6.07, 6.45) is 0. The number of Topliss-reactive ketones (excluding diaryl/α,β-unsaturated/α-hetero) is 1. The third kappa shape index (κ3) is 1.66. The number of carbonyl (C=O) groups excluding carboxylic acids is 1. The van der Waals surface area contributed by atoms with Crippen LogP contribution in [0.5, 0.6) is 0 Å². The average Bonchev–Trinajstić information content (AvgIpc) is 2.04. The van der Waals surface area contributed by atoms with Gasteiger partial charge in [0.25, 0.3) is 5.69 Å². The Morgan fingerprint density at radius 2 is 2.33 bits per heavy atom. The van der Waals surface area contributed by atoms with Gasteiger partial charge in [-0.25, -0.2) is 0 Å². The first-order chi connectivity index (χ1) is 5.61. The third-order valence-electron chi connectivity index (χ3n) is 1.39. The van der Waals surface area contributed by atoms with Crippen LogP contribution in [0.15, 0.2) is 18.2 Å². The summed E-state index contributed by atoms with van der Waals surface area (Å²) < 4.78 is 0. The molecule has 0 atom stereocenters. The topological polar surface area (TPSA) is 60.2 Å². The molecule has 0 aliphatic heterocycles. The molecule has 4 nitrogen and oxygen atoms in total. The number of hydrogen-bond donors (Lipinski definition) is 0. The van der Waals surface area contributed by atoms with Crippen LogP contribution in [0.3, 0.4) is 0 Å². The van der Waals surface area contributed by atoms with Crippen molar-refractivity contribution < 1.29 is 9.72 Å². The fraction of sp³-hybridized carbons (Fsp3) is 0.125. The van der Waals surface area contributed by atoms with Gasteiger partial charge in [0.1, 0.15) is 0 Å². The van der Waals surface area contributed by atoms with Crippen molar-refractivity contribution in [3.8, 4) is 0 Å². The number of nitro benzene ring substituents is 1. The van der Waals surface area contributed by atoms with Crippen LogP contribution in [0.4, 0.5) is 5.69 Å². The largest absolute Gasteiger partial charge is 0.295 e. The van der Waals surface area contributed by atoms with E-state index in [4.69, 9.17) is 0 Å². The van der Waals surface area contributed by atoms with Gasteiger partial charge in [0.05, 0.1) is 11.0 Å². The van der Waals surface area contributed by atoms with Gasteiger partial charge in [-0.1, -0.05) is 6.07 Å². The molecule has 0 aliphatic rings. The van der Waals surface area contributed by atoms with E-state index >= 15 is 0 Å². The van der Waals surface area contributed by atoms with E-state index in [1.807, 2.05) is 0 Å². The van der Waals surface area contributed by atoms with Crippen molar-refractivity contribution in [2.24, 2.45) is 0 Å². The second-order valence-electron chi connectivity index (χ2n) is 2.28. The summed E-state index contributed by atoms with van der Waals surface area (Å²) in [7, 11) is 0. The highest BCUT2D eigenvalue weighted by Crippen LogP contribution is 2.12. The second-order valence-corrected chi connectivity index (χ2v) is 2.28. The van der Waals surface area contributed by atoms with Crippen molar-refractivity contribution in [1.29, 1.82) is 0 Å². The lowest BCUT2D eigenvalue weighted by Crippen LogP contribution is -1.94. The van der Waals surface area contributed by atoms with Crippen molar-refractivity contribution in [3.63, 3.8) is 0 Å². The van der Waals surface area contributed by atoms with Crippen LogP contribution in [0.2, 0.25) is 0 Å². The molecule has 1 aromatic carbocycles. The van der Waals surface area contributed by atoms with E-state index in [9.17, 15) is 14.9 Å². The summed E-state index contributed by atoms with van der Waals surface area (Å²) in [4.78, 5) is 20.4. The smallest absolute Gasteiger partial charge is 0.278 e. The molecule has 0 saturated heterocycles. The number of benzene rings is 1. The minimum atomic E-state index is -0.577. The fourth-order valence-corrected chi connectivity index (χ4v) is 0.778. The maximum absolute atomic E-state index is 10.8. The highest BCUT2D eigenvalue weighted by Gasteiger charge is 2.07. The Hall–Kier alpha value is -1.71. The van der Waals surface area contributed by atoms with Gasteiger partial charge in [-0.15, -0.1) is 0 Å². The molecule has 0 bridgehead atoms. The van der Waals surface area contributed by atoms with Crippen LogP contribution in [0.1, 0.15) is 17.3 Å². The zero-order valence-corrected chi connectivity index (χ0v) is 6.40. The second kappa shape index (κ2) is 3.13. The van der Waals surface area contributed by atoms with Crippen molar-refractivity contribution in [1.82, 2.24) is 0 Å². The number of hydrogen-bond acceptors (Lipinski definition) is 3. The number of ketones is 1. The number of carbonyl (C=O) groups is 1. The van der Waals surface area contributed by atoms with Gasteiger partial charge < -0.3 is 0 Å². The molecule has 0 unspecified atom stereocenters. The zero-order chi connectivity index (χ0) is 9.14. The summed E-state index contributed by atoms with van der Waals surface area (Å²) in [6.45, 7) is 1.36. The van der Waals surface area contributed by atoms with E-state index in [-0.39, 0.29) is 11.5 Å². The first-order valence-corrected chi connectivity index (χ1v) is 3.28. The molecule has 0 aromatic heterocycles. The lowest BCUT2D eigenvalue weighted by molar-refractivity contribution is -0.385. The zero-order valence-electron chi connectivity index (χ0n) is 6.40. The molecule has 0 N–H and O–H groups in total. The van der Waals surface area contributed by atoms with Gasteiger partial charge in [0.15, 0.2) is 5.78 Å². The van der Waals surface area contributed by atoms with Crippen LogP contribution in [0.25, 0.3) is 0 Å². The molecule has 12 heavy (non-hydrogen) atoms. The fourth-order valence-electron chi connectivity index (χ4n) is 0.778. The van der Waals surface area contributed by atoms with Gasteiger partial charge in [0.2, 0.25) is 0 Å². The van der Waals surface area contributed by atoms with Gasteiger partial charge >= 0.3 is 0 Å². The SMILES string of the molecule is CC(=O)c1cc[c]c([N+](=O)[O-])c1. The Morgan fingerprint density at radius 3 is 2.83 bits per heavy atom.